The molecule has 1 atom stereocenters. The Labute approximate surface area is 142 Å². The molecule has 0 aliphatic rings. The van der Waals surface area contributed by atoms with Crippen LogP contribution in [0.25, 0.3) is 0 Å². The van der Waals surface area contributed by atoms with Gasteiger partial charge in [0.25, 0.3) is 0 Å². The van der Waals surface area contributed by atoms with Crippen LogP contribution >= 0.6 is 23.2 Å². The van der Waals surface area contributed by atoms with Crippen molar-refractivity contribution >= 4 is 34.9 Å². The number of aliphatic carboxylic acids is 1. The monoisotopic (exact) mass is 346 g/mol. The first-order chi connectivity index (χ1) is 10.2. The van der Waals surface area contributed by atoms with Crippen LogP contribution < -0.4 is 10.2 Å². The zero-order chi connectivity index (χ0) is 16.9. The fraction of sp³-hybridized carbons (Fsp3) is 0.562. The van der Waals surface area contributed by atoms with Gasteiger partial charge < -0.3 is 15.3 Å². The van der Waals surface area contributed by atoms with E-state index in [2.05, 4.69) is 5.32 Å². The summed E-state index contributed by atoms with van der Waals surface area (Å²) in [5, 5.41) is 13.6. The lowest BCUT2D eigenvalue weighted by Crippen LogP contribution is -2.29. The normalized spacial score (nSPS) is 12.5. The molecule has 0 aromatic heterocycles. The summed E-state index contributed by atoms with van der Waals surface area (Å²) in [7, 11) is 3.84. The second-order valence-corrected chi connectivity index (χ2v) is 6.92. The molecule has 0 bridgehead atoms. The van der Waals surface area contributed by atoms with Crippen molar-refractivity contribution in [2.75, 3.05) is 25.5 Å². The van der Waals surface area contributed by atoms with Crippen LogP contribution in [0.5, 0.6) is 0 Å². The van der Waals surface area contributed by atoms with Gasteiger partial charge in [-0.25, -0.2) is 0 Å². The molecular weight excluding hydrogens is 323 g/mol. The molecule has 0 radical (unpaired) electrons. The van der Waals surface area contributed by atoms with E-state index in [-0.39, 0.29) is 0 Å². The van der Waals surface area contributed by atoms with Crippen LogP contribution in [0.1, 0.15) is 25.8 Å². The van der Waals surface area contributed by atoms with E-state index < -0.39 is 11.9 Å². The number of anilines is 1. The first-order valence-electron chi connectivity index (χ1n) is 7.31. The van der Waals surface area contributed by atoms with Gasteiger partial charge in [-0.2, -0.15) is 0 Å². The Morgan fingerprint density at radius 2 is 1.95 bits per heavy atom. The van der Waals surface area contributed by atoms with Crippen LogP contribution in [0.4, 0.5) is 5.69 Å². The third-order valence-electron chi connectivity index (χ3n) is 3.42. The molecule has 0 aliphatic carbocycles. The average molecular weight is 347 g/mol. The molecule has 124 valence electrons. The Kier molecular flexibility index (Phi) is 7.46. The second-order valence-electron chi connectivity index (χ2n) is 6.08. The van der Waals surface area contributed by atoms with Crippen molar-refractivity contribution < 1.29 is 9.90 Å². The lowest BCUT2D eigenvalue weighted by atomic mass is 9.97. The van der Waals surface area contributed by atoms with Gasteiger partial charge >= 0.3 is 5.97 Å². The van der Waals surface area contributed by atoms with Gasteiger partial charge in [-0.1, -0.05) is 37.0 Å². The van der Waals surface area contributed by atoms with E-state index >= 15 is 0 Å². The minimum absolute atomic E-state index is 0.347. The number of carboxylic acids is 1. The number of halogens is 2. The highest BCUT2D eigenvalue weighted by Crippen LogP contribution is 2.30. The van der Waals surface area contributed by atoms with Crippen LogP contribution in [-0.2, 0) is 11.3 Å². The summed E-state index contributed by atoms with van der Waals surface area (Å²) in [5.74, 6) is -0.815. The van der Waals surface area contributed by atoms with Gasteiger partial charge in [0.05, 0.1) is 5.92 Å². The lowest BCUT2D eigenvalue weighted by Gasteiger charge is -2.21. The molecule has 1 aromatic carbocycles. The average Bonchev–Trinajstić information content (AvgIpc) is 2.38. The summed E-state index contributed by atoms with van der Waals surface area (Å²) < 4.78 is 0. The molecule has 0 aliphatic heterocycles. The van der Waals surface area contributed by atoms with E-state index in [4.69, 9.17) is 23.2 Å². The van der Waals surface area contributed by atoms with Crippen LogP contribution in [0.2, 0.25) is 10.0 Å². The van der Waals surface area contributed by atoms with Crippen molar-refractivity contribution in [3.05, 3.63) is 27.7 Å². The molecule has 4 nitrogen and oxygen atoms in total. The van der Waals surface area contributed by atoms with E-state index in [1.54, 1.807) is 6.07 Å². The highest BCUT2D eigenvalue weighted by molar-refractivity contribution is 6.35. The first-order valence-corrected chi connectivity index (χ1v) is 8.06. The summed E-state index contributed by atoms with van der Waals surface area (Å²) in [6.07, 6.45) is 0.650. The van der Waals surface area contributed by atoms with Gasteiger partial charge in [-0.15, -0.1) is 0 Å². The van der Waals surface area contributed by atoms with Gasteiger partial charge in [0.2, 0.25) is 0 Å². The maximum Gasteiger partial charge on any atom is 0.307 e. The van der Waals surface area contributed by atoms with E-state index in [0.717, 1.165) is 11.3 Å². The topological polar surface area (TPSA) is 52.6 Å². The Morgan fingerprint density at radius 1 is 1.32 bits per heavy atom. The number of hydrogen-bond acceptors (Lipinski definition) is 3. The summed E-state index contributed by atoms with van der Waals surface area (Å²) >= 11 is 12.3. The number of nitrogens with one attached hydrogen (secondary N) is 1. The first kappa shape index (κ1) is 19.1. The quantitative estimate of drug-likeness (QED) is 0.749. The van der Waals surface area contributed by atoms with Crippen molar-refractivity contribution in [1.29, 1.82) is 0 Å². The maximum atomic E-state index is 11.3. The number of carboxylic acid groups (broad SMARTS) is 1. The van der Waals surface area contributed by atoms with Crippen molar-refractivity contribution in [2.45, 2.75) is 26.8 Å². The standard InChI is InChI=1S/C16H24Cl2N2O2/c1-10(2)5-11(16(21)22)8-19-9-13-14(18)6-12(17)7-15(13)20(3)4/h6-7,10-11,19H,5,8-9H2,1-4H3,(H,21,22). The fourth-order valence-corrected chi connectivity index (χ4v) is 2.93. The molecule has 0 saturated heterocycles. The molecular formula is C16H24Cl2N2O2. The van der Waals surface area contributed by atoms with Gasteiger partial charge in [-0.3, -0.25) is 4.79 Å². The molecule has 1 unspecified atom stereocenters. The maximum absolute atomic E-state index is 11.3. The summed E-state index contributed by atoms with van der Waals surface area (Å²) in [5.41, 5.74) is 1.85. The van der Waals surface area contributed by atoms with Gasteiger partial charge in [0.15, 0.2) is 0 Å². The molecule has 0 saturated carbocycles. The SMILES string of the molecule is CC(C)CC(CNCc1c(Cl)cc(Cl)cc1N(C)C)C(=O)O. The van der Waals surface area contributed by atoms with Crippen molar-refractivity contribution in [3.63, 3.8) is 0 Å². The molecule has 0 spiro atoms. The summed E-state index contributed by atoms with van der Waals surface area (Å²) in [6, 6.07) is 3.56. The van der Waals surface area contributed by atoms with Crippen LogP contribution in [0.3, 0.4) is 0 Å². The minimum Gasteiger partial charge on any atom is -0.481 e. The summed E-state index contributed by atoms with van der Waals surface area (Å²) in [4.78, 5) is 13.2. The number of hydrogen-bond donors (Lipinski definition) is 2. The minimum atomic E-state index is -0.767. The molecule has 0 heterocycles. The molecule has 0 fully saturated rings. The van der Waals surface area contributed by atoms with E-state index in [9.17, 15) is 9.90 Å². The van der Waals surface area contributed by atoms with Crippen LogP contribution in [0, 0.1) is 11.8 Å². The van der Waals surface area contributed by atoms with Gasteiger partial charge in [-0.05, 0) is 24.5 Å². The predicted octanol–water partition coefficient (Wildman–Crippen LogP) is 3.90. The molecule has 1 rings (SSSR count). The van der Waals surface area contributed by atoms with Gasteiger partial charge in [0, 0.05) is 48.5 Å². The molecule has 6 heteroatoms. The van der Waals surface area contributed by atoms with E-state index in [0.29, 0.717) is 35.5 Å². The van der Waals surface area contributed by atoms with E-state index in [1.165, 1.54) is 0 Å². The third-order valence-corrected chi connectivity index (χ3v) is 3.97. The number of nitrogens with zero attached hydrogens (tertiary/aromatic N) is 1. The Bertz CT molecular complexity index is 519. The largest absolute Gasteiger partial charge is 0.481 e. The smallest absolute Gasteiger partial charge is 0.307 e. The third kappa shape index (κ3) is 5.67. The number of benzene rings is 1. The van der Waals surface area contributed by atoms with E-state index in [1.807, 2.05) is 38.9 Å². The highest BCUT2D eigenvalue weighted by atomic mass is 35.5. The Morgan fingerprint density at radius 3 is 2.45 bits per heavy atom. The Balaban J connectivity index is 2.77. The van der Waals surface area contributed by atoms with Crippen molar-refractivity contribution in [1.82, 2.24) is 5.32 Å². The molecule has 1 aromatic rings. The van der Waals surface area contributed by atoms with Gasteiger partial charge in [0.1, 0.15) is 0 Å². The molecule has 22 heavy (non-hydrogen) atoms. The fourth-order valence-electron chi connectivity index (χ4n) is 2.38. The predicted molar refractivity (Wildman–Crippen MR) is 93.1 cm³/mol. The number of rotatable bonds is 8. The highest BCUT2D eigenvalue weighted by Gasteiger charge is 2.19. The summed E-state index contributed by atoms with van der Waals surface area (Å²) in [6.45, 7) is 4.97. The lowest BCUT2D eigenvalue weighted by molar-refractivity contribution is -0.142. The second kappa shape index (κ2) is 8.61. The zero-order valence-corrected chi connectivity index (χ0v) is 15.0. The van der Waals surface area contributed by atoms with Crippen LogP contribution in [0.15, 0.2) is 12.1 Å². The van der Waals surface area contributed by atoms with Crippen molar-refractivity contribution in [3.8, 4) is 0 Å². The van der Waals surface area contributed by atoms with Crippen LogP contribution in [-0.4, -0.2) is 31.7 Å². The zero-order valence-electron chi connectivity index (χ0n) is 13.5. The van der Waals surface area contributed by atoms with Crippen molar-refractivity contribution in [2.24, 2.45) is 11.8 Å². The Hall–Kier alpha value is -0.970. The molecule has 0 amide bonds. The number of carbonyl (C=O) groups is 1. The molecule has 2 N–H and O–H groups in total.